The molecule has 0 heterocycles. The van der Waals surface area contributed by atoms with E-state index in [-0.39, 0.29) is 16.6 Å². The first-order valence-corrected chi connectivity index (χ1v) is 10.1. The highest BCUT2D eigenvalue weighted by atomic mass is 16.7. The van der Waals surface area contributed by atoms with Gasteiger partial charge in [-0.1, -0.05) is 32.4 Å². The minimum Gasteiger partial charge on any atom is -0.337 e. The van der Waals surface area contributed by atoms with Crippen LogP contribution in [0.5, 0.6) is 0 Å². The standard InChI is InChI=1S/C22H30O5/c1-12-10-14-15-4-5-17(19(24)22(25,26)27)20(15,2)9-7-16(14)21(3)8-6-13(23)11-18(12)21/h6,8,11-12,14-17,25-27H,4-5,7,9-10H2,1-3H3/t12?,14-,15-,16-,17+,20-,21+/m0/s1. The lowest BCUT2D eigenvalue weighted by Gasteiger charge is -2.58. The Morgan fingerprint density at radius 1 is 1.15 bits per heavy atom. The van der Waals surface area contributed by atoms with Crippen molar-refractivity contribution in [2.45, 2.75) is 58.8 Å². The van der Waals surface area contributed by atoms with Gasteiger partial charge in [-0.2, -0.15) is 0 Å². The number of aliphatic hydroxyl groups is 3. The summed E-state index contributed by atoms with van der Waals surface area (Å²) in [5.74, 6) is -3.05. The van der Waals surface area contributed by atoms with E-state index in [9.17, 15) is 24.9 Å². The van der Waals surface area contributed by atoms with E-state index in [1.807, 2.05) is 6.08 Å². The highest BCUT2D eigenvalue weighted by molar-refractivity contribution is 6.01. The maximum atomic E-state index is 12.5. The fraction of sp³-hybridized carbons (Fsp3) is 0.727. The van der Waals surface area contributed by atoms with E-state index >= 15 is 0 Å². The van der Waals surface area contributed by atoms with Crippen LogP contribution in [-0.2, 0) is 9.59 Å². The summed E-state index contributed by atoms with van der Waals surface area (Å²) in [5.41, 5.74) is 0.808. The third-order valence-corrected chi connectivity index (χ3v) is 8.52. The monoisotopic (exact) mass is 374 g/mol. The minimum absolute atomic E-state index is 0.0742. The summed E-state index contributed by atoms with van der Waals surface area (Å²) in [7, 11) is 0. The van der Waals surface area contributed by atoms with Gasteiger partial charge in [0.1, 0.15) is 0 Å². The summed E-state index contributed by atoms with van der Waals surface area (Å²) in [6, 6.07) is 0. The largest absolute Gasteiger partial charge is 0.339 e. The van der Waals surface area contributed by atoms with Crippen molar-refractivity contribution < 1.29 is 24.9 Å². The first-order chi connectivity index (χ1) is 12.5. The molecule has 1 unspecified atom stereocenters. The van der Waals surface area contributed by atoms with Crippen molar-refractivity contribution in [3.8, 4) is 0 Å². The number of carbonyl (C=O) groups excluding carboxylic acids is 2. The lowest BCUT2D eigenvalue weighted by molar-refractivity contribution is -0.291. The molecule has 5 nitrogen and oxygen atoms in total. The zero-order chi connectivity index (χ0) is 19.8. The minimum atomic E-state index is -3.24. The zero-order valence-corrected chi connectivity index (χ0v) is 16.3. The number of rotatable bonds is 2. The molecule has 0 amide bonds. The second kappa shape index (κ2) is 5.85. The molecule has 0 aliphatic heterocycles. The highest BCUT2D eigenvalue weighted by Crippen LogP contribution is 2.67. The van der Waals surface area contributed by atoms with Gasteiger partial charge in [0.05, 0.1) is 0 Å². The first kappa shape index (κ1) is 19.0. The summed E-state index contributed by atoms with van der Waals surface area (Å²) in [6.45, 7) is 6.53. The Morgan fingerprint density at radius 2 is 1.85 bits per heavy atom. The number of allylic oxidation sites excluding steroid dienone is 4. The van der Waals surface area contributed by atoms with Gasteiger partial charge in [0.2, 0.25) is 5.78 Å². The van der Waals surface area contributed by atoms with Crippen molar-refractivity contribution in [1.82, 2.24) is 0 Å². The third kappa shape index (κ3) is 2.62. The van der Waals surface area contributed by atoms with Crippen molar-refractivity contribution in [1.29, 1.82) is 0 Å². The number of carbonyl (C=O) groups is 2. The predicted octanol–water partition coefficient (Wildman–Crippen LogP) is 2.36. The summed E-state index contributed by atoms with van der Waals surface area (Å²) in [5, 5.41) is 28.4. The average molecular weight is 374 g/mol. The zero-order valence-electron chi connectivity index (χ0n) is 16.3. The van der Waals surface area contributed by atoms with Crippen molar-refractivity contribution >= 4 is 11.6 Å². The molecular weight excluding hydrogens is 344 g/mol. The fourth-order valence-corrected chi connectivity index (χ4v) is 7.28. The maximum Gasteiger partial charge on any atom is 0.339 e. The van der Waals surface area contributed by atoms with Crippen LogP contribution in [-0.4, -0.2) is 32.9 Å². The van der Waals surface area contributed by atoms with Crippen LogP contribution in [0.1, 0.15) is 52.9 Å². The van der Waals surface area contributed by atoms with E-state index in [1.54, 1.807) is 6.08 Å². The molecule has 0 spiro atoms. The van der Waals surface area contributed by atoms with Gasteiger partial charge in [-0.3, -0.25) is 9.59 Å². The van der Waals surface area contributed by atoms with Gasteiger partial charge in [0.25, 0.3) is 0 Å². The van der Waals surface area contributed by atoms with Crippen molar-refractivity contribution in [2.24, 2.45) is 40.4 Å². The SMILES string of the molecule is CC1C[C@H]2[C@@H]3CC[C@H](C(=O)C(O)(O)O)[C@@]3(C)CC[C@@H]2[C@@]2(C)C=CC(=O)C=C12. The molecule has 27 heavy (non-hydrogen) atoms. The van der Waals surface area contributed by atoms with Gasteiger partial charge in [-0.25, -0.2) is 0 Å². The summed E-state index contributed by atoms with van der Waals surface area (Å²) in [6.07, 6.45) is 9.84. The molecule has 5 heteroatoms. The first-order valence-electron chi connectivity index (χ1n) is 10.1. The van der Waals surface area contributed by atoms with Gasteiger partial charge in [0, 0.05) is 11.3 Å². The molecule has 3 saturated carbocycles. The summed E-state index contributed by atoms with van der Waals surface area (Å²) >= 11 is 0. The van der Waals surface area contributed by atoms with Crippen LogP contribution in [0.3, 0.4) is 0 Å². The quantitative estimate of drug-likeness (QED) is 0.645. The number of fused-ring (bicyclic) bond motifs is 5. The fourth-order valence-electron chi connectivity index (χ4n) is 7.28. The Kier molecular flexibility index (Phi) is 4.12. The molecule has 4 rings (SSSR count). The van der Waals surface area contributed by atoms with Gasteiger partial charge in [-0.05, 0) is 73.3 Å². The predicted molar refractivity (Wildman–Crippen MR) is 99.0 cm³/mol. The number of ketones is 2. The lowest BCUT2D eigenvalue weighted by atomic mass is 9.46. The Bertz CT molecular complexity index is 744. The van der Waals surface area contributed by atoms with Crippen LogP contribution in [0.2, 0.25) is 0 Å². The smallest absolute Gasteiger partial charge is 0.337 e. The Labute approximate surface area is 160 Å². The van der Waals surface area contributed by atoms with E-state index in [2.05, 4.69) is 26.8 Å². The lowest BCUT2D eigenvalue weighted by Crippen LogP contribution is -2.53. The third-order valence-electron chi connectivity index (χ3n) is 8.52. The van der Waals surface area contributed by atoms with Gasteiger partial charge in [-0.15, -0.1) is 0 Å². The van der Waals surface area contributed by atoms with Gasteiger partial charge < -0.3 is 15.3 Å². The second-order valence-corrected chi connectivity index (χ2v) is 9.81. The molecule has 0 radical (unpaired) electrons. The van der Waals surface area contributed by atoms with E-state index < -0.39 is 17.7 Å². The van der Waals surface area contributed by atoms with E-state index in [0.717, 1.165) is 25.7 Å². The molecule has 0 bridgehead atoms. The van der Waals surface area contributed by atoms with Crippen LogP contribution < -0.4 is 0 Å². The summed E-state index contributed by atoms with van der Waals surface area (Å²) < 4.78 is 0. The van der Waals surface area contributed by atoms with Crippen molar-refractivity contribution in [3.05, 3.63) is 23.8 Å². The number of hydrogen-bond donors (Lipinski definition) is 3. The Hall–Kier alpha value is -1.30. The van der Waals surface area contributed by atoms with Crippen LogP contribution in [0.25, 0.3) is 0 Å². The molecule has 3 N–H and O–H groups in total. The number of Topliss-reactive ketones (excluding diaryl/α,β-unsaturated/α-hetero) is 1. The Morgan fingerprint density at radius 3 is 2.52 bits per heavy atom. The highest BCUT2D eigenvalue weighted by Gasteiger charge is 2.62. The normalized spacial score (nSPS) is 46.4. The number of hydrogen-bond acceptors (Lipinski definition) is 5. The molecule has 148 valence electrons. The molecule has 0 aromatic heterocycles. The van der Waals surface area contributed by atoms with Gasteiger partial charge >= 0.3 is 5.97 Å². The van der Waals surface area contributed by atoms with Crippen molar-refractivity contribution in [3.63, 3.8) is 0 Å². The van der Waals surface area contributed by atoms with E-state index in [0.29, 0.717) is 30.1 Å². The van der Waals surface area contributed by atoms with E-state index in [1.165, 1.54) is 5.57 Å². The molecule has 0 saturated heterocycles. The summed E-state index contributed by atoms with van der Waals surface area (Å²) in [4.78, 5) is 24.4. The average Bonchev–Trinajstić information content (AvgIpc) is 2.92. The van der Waals surface area contributed by atoms with Gasteiger partial charge in [0.15, 0.2) is 5.78 Å². The van der Waals surface area contributed by atoms with Crippen LogP contribution >= 0.6 is 0 Å². The maximum absolute atomic E-state index is 12.5. The Balaban J connectivity index is 1.68. The molecular formula is C22H30O5. The van der Waals surface area contributed by atoms with Crippen LogP contribution in [0.15, 0.2) is 23.8 Å². The molecule has 7 atom stereocenters. The molecule has 3 fully saturated rings. The van der Waals surface area contributed by atoms with E-state index in [4.69, 9.17) is 0 Å². The molecule has 4 aliphatic carbocycles. The molecule has 0 aromatic rings. The van der Waals surface area contributed by atoms with Crippen molar-refractivity contribution in [2.75, 3.05) is 0 Å². The second-order valence-electron chi connectivity index (χ2n) is 9.81. The van der Waals surface area contributed by atoms with Crippen LogP contribution in [0, 0.1) is 40.4 Å². The topological polar surface area (TPSA) is 94.8 Å². The van der Waals surface area contributed by atoms with Crippen LogP contribution in [0.4, 0.5) is 0 Å². The molecule has 4 aliphatic rings. The molecule has 0 aromatic carbocycles.